The van der Waals surface area contributed by atoms with Gasteiger partial charge in [-0.05, 0) is 0 Å². The molecule has 0 saturated heterocycles. The van der Waals surface area contributed by atoms with Crippen molar-refractivity contribution in [3.63, 3.8) is 0 Å². The Morgan fingerprint density at radius 3 is 1.71 bits per heavy atom. The number of hydrogen-bond acceptors (Lipinski definition) is 1. The van der Waals surface area contributed by atoms with Crippen molar-refractivity contribution >= 4 is 26.5 Å². The molecule has 28 heavy (non-hydrogen) atoms. The Morgan fingerprint density at radius 1 is 0.929 bits per heavy atom. The van der Waals surface area contributed by atoms with Gasteiger partial charge in [0, 0.05) is 0 Å². The van der Waals surface area contributed by atoms with Crippen molar-refractivity contribution in [2.24, 2.45) is 11.8 Å². The molecule has 0 aromatic rings. The first-order valence-corrected chi connectivity index (χ1v) is 22.9. The second kappa shape index (κ2) is 14.3. The summed E-state index contributed by atoms with van der Waals surface area (Å²) in [6.45, 7) is 20.5. The molecule has 164 valence electrons. The first-order chi connectivity index (χ1) is 13.0. The molecule has 0 aliphatic carbocycles. The van der Waals surface area contributed by atoms with E-state index in [0.29, 0.717) is 0 Å². The van der Waals surface area contributed by atoms with Gasteiger partial charge in [0.05, 0.1) is 0 Å². The summed E-state index contributed by atoms with van der Waals surface area (Å²) in [5.41, 5.74) is 3.45. The first kappa shape index (κ1) is 28.3. The Kier molecular flexibility index (Phi) is 14.5. The van der Waals surface area contributed by atoms with Gasteiger partial charge in [-0.2, -0.15) is 0 Å². The Labute approximate surface area is 183 Å². The van der Waals surface area contributed by atoms with E-state index < -0.39 is 26.5 Å². The van der Waals surface area contributed by atoms with Gasteiger partial charge in [-0.15, -0.1) is 0 Å². The molecule has 0 amide bonds. The fourth-order valence-electron chi connectivity index (χ4n) is 4.05. The van der Waals surface area contributed by atoms with E-state index in [2.05, 4.69) is 78.7 Å². The van der Waals surface area contributed by atoms with Crippen LogP contribution in [-0.4, -0.2) is 37.7 Å². The summed E-state index contributed by atoms with van der Waals surface area (Å²) in [4.78, 5) is 0. The molecule has 3 atom stereocenters. The molecule has 0 saturated carbocycles. The van der Waals surface area contributed by atoms with E-state index in [1.165, 1.54) is 51.8 Å². The number of aliphatic hydroxyl groups is 1. The van der Waals surface area contributed by atoms with Gasteiger partial charge in [0.25, 0.3) is 0 Å². The van der Waals surface area contributed by atoms with Crippen molar-refractivity contribution in [1.82, 2.24) is 0 Å². The summed E-state index contributed by atoms with van der Waals surface area (Å²) < 4.78 is 6.23. The maximum atomic E-state index is 10.9. The predicted molar refractivity (Wildman–Crippen MR) is 134 cm³/mol. The van der Waals surface area contributed by atoms with Gasteiger partial charge in [-0.25, -0.2) is 0 Å². The van der Waals surface area contributed by atoms with Gasteiger partial charge >= 0.3 is 184 Å². The number of unbranched alkanes of at least 4 members (excludes halogenated alkanes) is 3. The molecule has 3 heteroatoms. The van der Waals surface area contributed by atoms with E-state index in [9.17, 15) is 5.11 Å². The maximum absolute atomic E-state index is 10.9. The third-order valence-corrected chi connectivity index (χ3v) is 23.5. The fourth-order valence-corrected chi connectivity index (χ4v) is 20.8. The summed E-state index contributed by atoms with van der Waals surface area (Å²) in [6, 6.07) is 0. The van der Waals surface area contributed by atoms with E-state index in [1.54, 1.807) is 3.59 Å². The number of aliphatic hydroxyl groups excluding tert-OH is 1. The molecule has 0 aromatic heterocycles. The topological polar surface area (TPSA) is 20.2 Å². The van der Waals surface area contributed by atoms with E-state index in [0.717, 1.165) is 0 Å². The Balaban J connectivity index is 5.56. The molecule has 0 spiro atoms. The van der Waals surface area contributed by atoms with Crippen LogP contribution in [0.15, 0.2) is 9.67 Å². The zero-order valence-electron chi connectivity index (χ0n) is 20.6. The summed E-state index contributed by atoms with van der Waals surface area (Å²) in [5.74, 6) is 3.62. The van der Waals surface area contributed by atoms with Crippen molar-refractivity contribution in [3.05, 3.63) is 9.67 Å². The molecule has 0 aromatic carbocycles. The van der Waals surface area contributed by atoms with Crippen LogP contribution in [0.5, 0.6) is 0 Å². The Bertz CT molecular complexity index is 487. The summed E-state index contributed by atoms with van der Waals surface area (Å²) in [5, 5.41) is 10.9. The van der Waals surface area contributed by atoms with Crippen LogP contribution < -0.4 is 0 Å². The van der Waals surface area contributed by atoms with Crippen molar-refractivity contribution in [2.45, 2.75) is 119 Å². The van der Waals surface area contributed by atoms with E-state index in [1.807, 2.05) is 0 Å². The van der Waals surface area contributed by atoms with E-state index in [-0.39, 0.29) is 17.9 Å². The second-order valence-electron chi connectivity index (χ2n) is 10.1. The number of rotatable bonds is 13. The molecule has 1 nitrogen and oxygen atoms in total. The van der Waals surface area contributed by atoms with Crippen molar-refractivity contribution in [3.8, 4) is 11.5 Å². The molecule has 0 radical (unpaired) electrons. The van der Waals surface area contributed by atoms with Crippen molar-refractivity contribution in [2.75, 3.05) is 0 Å². The molecule has 0 aliphatic heterocycles. The van der Waals surface area contributed by atoms with Crippen LogP contribution >= 0.6 is 0 Å². The standard InChI is InChI=1S/C13H23OSi.3C4H9.Sn/c1-7-8-11(2)13(14)12(3)9-10-15(4,5)6;3*1-3-4-2;/h8,11-14H,1-6H3;3*1,3-4H2,2H3;/t11-,12-,13+;;;;/m0..../s1. The summed E-state index contributed by atoms with van der Waals surface area (Å²) >= 11 is -2.33. The van der Waals surface area contributed by atoms with E-state index in [4.69, 9.17) is 0 Å². The molecule has 1 N–H and O–H groups in total. The quantitative estimate of drug-likeness (QED) is 0.197. The minimum absolute atomic E-state index is 0.0531. The molecular formula is C25H50OSiSn. The Morgan fingerprint density at radius 2 is 1.36 bits per heavy atom. The van der Waals surface area contributed by atoms with Crippen LogP contribution in [0.1, 0.15) is 80.1 Å². The molecule has 0 aliphatic rings. The van der Waals surface area contributed by atoms with Crippen LogP contribution in [0.3, 0.4) is 0 Å². The van der Waals surface area contributed by atoms with Crippen LogP contribution in [0.4, 0.5) is 0 Å². The molecule has 0 fully saturated rings. The number of allylic oxidation sites excluding steroid dienone is 1. The van der Waals surface area contributed by atoms with Gasteiger partial charge in [0.2, 0.25) is 0 Å². The average Bonchev–Trinajstić information content (AvgIpc) is 2.64. The zero-order chi connectivity index (χ0) is 21.8. The number of hydrogen-bond donors (Lipinski definition) is 1. The minimum atomic E-state index is -2.33. The average molecular weight is 513 g/mol. The normalized spacial score (nSPS) is 16.3. The van der Waals surface area contributed by atoms with Crippen LogP contribution in [0.25, 0.3) is 0 Å². The molecule has 0 rings (SSSR count). The van der Waals surface area contributed by atoms with Gasteiger partial charge < -0.3 is 0 Å². The molecule has 0 heterocycles. The molecule has 0 unspecified atom stereocenters. The summed E-state index contributed by atoms with van der Waals surface area (Å²) in [7, 11) is -1.38. The van der Waals surface area contributed by atoms with Crippen molar-refractivity contribution < 1.29 is 5.11 Å². The van der Waals surface area contributed by atoms with Gasteiger partial charge in [-0.1, -0.05) is 0 Å². The third kappa shape index (κ3) is 10.9. The van der Waals surface area contributed by atoms with Crippen LogP contribution in [0, 0.1) is 23.3 Å². The second-order valence-corrected chi connectivity index (χ2v) is 28.7. The van der Waals surface area contributed by atoms with Gasteiger partial charge in [-0.3, -0.25) is 0 Å². The predicted octanol–water partition coefficient (Wildman–Crippen LogP) is 7.83. The van der Waals surface area contributed by atoms with Crippen LogP contribution in [0.2, 0.25) is 33.0 Å². The van der Waals surface area contributed by atoms with Crippen LogP contribution in [-0.2, 0) is 0 Å². The Hall–Kier alpha value is 0.276. The molecule has 0 bridgehead atoms. The first-order valence-electron chi connectivity index (χ1n) is 11.9. The monoisotopic (exact) mass is 514 g/mol. The van der Waals surface area contributed by atoms with E-state index >= 15 is 0 Å². The fraction of sp³-hybridized carbons (Fsp3) is 0.840. The van der Waals surface area contributed by atoms with Gasteiger partial charge in [0.15, 0.2) is 0 Å². The van der Waals surface area contributed by atoms with Crippen molar-refractivity contribution in [1.29, 1.82) is 0 Å². The molecular weight excluding hydrogens is 463 g/mol. The third-order valence-electron chi connectivity index (χ3n) is 6.10. The van der Waals surface area contributed by atoms with Gasteiger partial charge in [0.1, 0.15) is 0 Å². The SMILES string of the molecule is CCC[CH2][Sn]([CH2]CCC)([CH2]CCC)/[C](C)=C\[C@H](C)[C@@H](O)[C@@H](C)C#C[Si](C)(C)C. The summed E-state index contributed by atoms with van der Waals surface area (Å²) in [6.07, 6.45) is 10.2. The zero-order valence-corrected chi connectivity index (χ0v) is 24.5.